The average Bonchev–Trinajstić information content (AvgIpc) is 2.52. The van der Waals surface area contributed by atoms with E-state index in [-0.39, 0.29) is 0 Å². The lowest BCUT2D eigenvalue weighted by atomic mass is 10.3. The number of nitrogens with two attached hydrogens (primary N) is 1. The number of rotatable bonds is 4. The zero-order valence-corrected chi connectivity index (χ0v) is 7.40. The molecule has 0 saturated carbocycles. The lowest BCUT2D eigenvalue weighted by Gasteiger charge is -2.07. The molecule has 1 aromatic heterocycles. The summed E-state index contributed by atoms with van der Waals surface area (Å²) in [4.78, 5) is 7.14. The number of imidazole rings is 1. The molecule has 0 aliphatic rings. The van der Waals surface area contributed by atoms with Crippen molar-refractivity contribution >= 4 is 11.8 Å². The summed E-state index contributed by atoms with van der Waals surface area (Å²) in [6.45, 7) is 2.84. The fourth-order valence-corrected chi connectivity index (χ4v) is 1.61. The third-order valence-corrected chi connectivity index (χ3v) is 2.78. The predicted octanol–water partition coefficient (Wildman–Crippen LogP) is 1.24. The molecule has 0 radical (unpaired) electrons. The van der Waals surface area contributed by atoms with Crippen LogP contribution in [0.5, 0.6) is 0 Å². The van der Waals surface area contributed by atoms with E-state index in [1.807, 2.05) is 6.20 Å². The smallest absolute Gasteiger partial charge is 0.165 e. The molecule has 1 rings (SSSR count). The second-order valence-electron chi connectivity index (χ2n) is 2.28. The molecular formula is C7H13N3S. The molecule has 0 aliphatic carbocycles. The zero-order chi connectivity index (χ0) is 8.10. The van der Waals surface area contributed by atoms with Crippen LogP contribution in [0.25, 0.3) is 0 Å². The van der Waals surface area contributed by atoms with Crippen LogP contribution in [0.2, 0.25) is 0 Å². The van der Waals surface area contributed by atoms with Gasteiger partial charge in [-0.1, -0.05) is 18.7 Å². The van der Waals surface area contributed by atoms with E-state index < -0.39 is 0 Å². The fourth-order valence-electron chi connectivity index (χ4n) is 0.771. The number of nitrogens with one attached hydrogen (secondary N) is 1. The number of thioether (sulfide) groups is 1. The van der Waals surface area contributed by atoms with Gasteiger partial charge in [0.15, 0.2) is 5.16 Å². The normalized spacial score (nSPS) is 13.3. The number of aromatic amines is 1. The Hall–Kier alpha value is -0.480. The van der Waals surface area contributed by atoms with Crippen molar-refractivity contribution in [3.8, 4) is 0 Å². The Labute approximate surface area is 70.8 Å². The quantitative estimate of drug-likeness (QED) is 0.670. The summed E-state index contributed by atoms with van der Waals surface area (Å²) < 4.78 is 0. The van der Waals surface area contributed by atoms with Gasteiger partial charge in [0, 0.05) is 24.2 Å². The number of aromatic nitrogens is 2. The number of nitrogens with zero attached hydrogens (tertiary/aromatic N) is 1. The summed E-state index contributed by atoms with van der Waals surface area (Å²) in [5.41, 5.74) is 5.54. The van der Waals surface area contributed by atoms with Crippen LogP contribution >= 0.6 is 11.8 Å². The molecule has 0 bridgehead atoms. The van der Waals surface area contributed by atoms with E-state index in [0.717, 1.165) is 11.6 Å². The van der Waals surface area contributed by atoms with Crippen molar-refractivity contribution in [3.05, 3.63) is 12.4 Å². The van der Waals surface area contributed by atoms with Crippen LogP contribution in [-0.2, 0) is 0 Å². The van der Waals surface area contributed by atoms with Crippen LogP contribution < -0.4 is 5.73 Å². The van der Waals surface area contributed by atoms with Crippen molar-refractivity contribution in [3.63, 3.8) is 0 Å². The maximum Gasteiger partial charge on any atom is 0.165 e. The second kappa shape index (κ2) is 4.41. The van der Waals surface area contributed by atoms with Crippen LogP contribution in [0.3, 0.4) is 0 Å². The first kappa shape index (κ1) is 8.62. The number of H-pyrrole nitrogens is 1. The van der Waals surface area contributed by atoms with Gasteiger partial charge in [0.1, 0.15) is 0 Å². The Morgan fingerprint density at radius 3 is 3.09 bits per heavy atom. The van der Waals surface area contributed by atoms with E-state index in [2.05, 4.69) is 16.9 Å². The van der Waals surface area contributed by atoms with Gasteiger partial charge in [0.05, 0.1) is 0 Å². The van der Waals surface area contributed by atoms with E-state index in [4.69, 9.17) is 5.73 Å². The first-order valence-corrected chi connectivity index (χ1v) is 4.61. The van der Waals surface area contributed by atoms with Gasteiger partial charge in [-0.2, -0.15) is 0 Å². The van der Waals surface area contributed by atoms with Crippen molar-refractivity contribution in [1.29, 1.82) is 0 Å². The minimum atomic E-state index is 0.487. The van der Waals surface area contributed by atoms with E-state index in [9.17, 15) is 0 Å². The van der Waals surface area contributed by atoms with Gasteiger partial charge in [-0.3, -0.25) is 0 Å². The molecular weight excluding hydrogens is 158 g/mol. The molecule has 0 amide bonds. The third-order valence-electron chi connectivity index (χ3n) is 1.47. The molecule has 1 aromatic rings. The summed E-state index contributed by atoms with van der Waals surface area (Å²) in [5.74, 6) is 0. The van der Waals surface area contributed by atoms with Gasteiger partial charge in [-0.05, 0) is 6.42 Å². The van der Waals surface area contributed by atoms with Gasteiger partial charge in [-0.15, -0.1) is 0 Å². The molecule has 4 heteroatoms. The Morgan fingerprint density at radius 1 is 1.82 bits per heavy atom. The standard InChI is InChI=1S/C7H13N3S/c1-2-6(5-8)11-7-9-3-4-10-7/h3-4,6H,2,5,8H2,1H3,(H,9,10). The molecule has 1 heterocycles. The fraction of sp³-hybridized carbons (Fsp3) is 0.571. The average molecular weight is 171 g/mol. The lowest BCUT2D eigenvalue weighted by molar-refractivity contribution is 0.821. The topological polar surface area (TPSA) is 54.7 Å². The van der Waals surface area contributed by atoms with Gasteiger partial charge < -0.3 is 10.7 Å². The molecule has 0 fully saturated rings. The predicted molar refractivity (Wildman–Crippen MR) is 47.6 cm³/mol. The maximum absolute atomic E-state index is 5.54. The van der Waals surface area contributed by atoms with Crippen LogP contribution in [-0.4, -0.2) is 21.8 Å². The van der Waals surface area contributed by atoms with Crippen molar-refractivity contribution in [2.45, 2.75) is 23.8 Å². The molecule has 1 unspecified atom stereocenters. The van der Waals surface area contributed by atoms with Crippen LogP contribution in [0, 0.1) is 0 Å². The highest BCUT2D eigenvalue weighted by atomic mass is 32.2. The van der Waals surface area contributed by atoms with Gasteiger partial charge in [0.2, 0.25) is 0 Å². The Bertz CT molecular complexity index is 182. The molecule has 3 nitrogen and oxygen atoms in total. The molecule has 0 aromatic carbocycles. The summed E-state index contributed by atoms with van der Waals surface area (Å²) in [6, 6.07) is 0. The van der Waals surface area contributed by atoms with Crippen molar-refractivity contribution in [1.82, 2.24) is 9.97 Å². The van der Waals surface area contributed by atoms with E-state index in [1.54, 1.807) is 18.0 Å². The van der Waals surface area contributed by atoms with Crippen molar-refractivity contribution < 1.29 is 0 Å². The van der Waals surface area contributed by atoms with Crippen LogP contribution in [0.15, 0.2) is 17.6 Å². The maximum atomic E-state index is 5.54. The first-order valence-electron chi connectivity index (χ1n) is 3.73. The Morgan fingerprint density at radius 2 is 2.64 bits per heavy atom. The van der Waals surface area contributed by atoms with E-state index in [1.165, 1.54) is 0 Å². The highest BCUT2D eigenvalue weighted by Gasteiger charge is 2.06. The summed E-state index contributed by atoms with van der Waals surface area (Å²) in [5, 5.41) is 1.45. The van der Waals surface area contributed by atoms with E-state index >= 15 is 0 Å². The monoisotopic (exact) mass is 171 g/mol. The Kier molecular flexibility index (Phi) is 3.45. The molecule has 0 aliphatic heterocycles. The third kappa shape index (κ3) is 2.55. The van der Waals surface area contributed by atoms with E-state index in [0.29, 0.717) is 11.8 Å². The minimum absolute atomic E-state index is 0.487. The van der Waals surface area contributed by atoms with Crippen LogP contribution in [0.4, 0.5) is 0 Å². The molecule has 1 atom stereocenters. The summed E-state index contributed by atoms with van der Waals surface area (Å²) >= 11 is 1.70. The highest BCUT2D eigenvalue weighted by molar-refractivity contribution is 7.99. The minimum Gasteiger partial charge on any atom is -0.340 e. The SMILES string of the molecule is CCC(CN)Sc1ncc[nH]1. The van der Waals surface area contributed by atoms with Gasteiger partial charge >= 0.3 is 0 Å². The highest BCUT2D eigenvalue weighted by Crippen LogP contribution is 2.19. The second-order valence-corrected chi connectivity index (χ2v) is 3.57. The number of hydrogen-bond acceptors (Lipinski definition) is 3. The summed E-state index contributed by atoms with van der Waals surface area (Å²) in [6.07, 6.45) is 4.67. The molecule has 0 spiro atoms. The van der Waals surface area contributed by atoms with Gasteiger partial charge in [0.25, 0.3) is 0 Å². The largest absolute Gasteiger partial charge is 0.340 e. The first-order chi connectivity index (χ1) is 5.36. The van der Waals surface area contributed by atoms with Crippen molar-refractivity contribution in [2.75, 3.05) is 6.54 Å². The van der Waals surface area contributed by atoms with Crippen LogP contribution in [0.1, 0.15) is 13.3 Å². The number of hydrogen-bond donors (Lipinski definition) is 2. The van der Waals surface area contributed by atoms with Crippen molar-refractivity contribution in [2.24, 2.45) is 5.73 Å². The molecule has 11 heavy (non-hydrogen) atoms. The molecule has 0 saturated heterocycles. The molecule has 3 N–H and O–H groups in total. The van der Waals surface area contributed by atoms with Gasteiger partial charge in [-0.25, -0.2) is 4.98 Å². The lowest BCUT2D eigenvalue weighted by Crippen LogP contribution is -2.15. The molecule has 62 valence electrons. The summed E-state index contributed by atoms with van der Waals surface area (Å²) in [7, 11) is 0. The zero-order valence-electron chi connectivity index (χ0n) is 6.58. The Balaban J connectivity index is 2.41.